The monoisotopic (exact) mass is 433 g/mol. The Balaban J connectivity index is 1.62. The van der Waals surface area contributed by atoms with Gasteiger partial charge < -0.3 is 4.74 Å². The molecule has 2 atom stereocenters. The maximum Gasteiger partial charge on any atom is 0.233 e. The number of rotatable bonds is 6. The predicted octanol–water partition coefficient (Wildman–Crippen LogP) is 5.27. The first kappa shape index (κ1) is 20.2. The summed E-state index contributed by atoms with van der Waals surface area (Å²) in [6.07, 6.45) is 1.99. The molecule has 4 rings (SSSR count). The van der Waals surface area contributed by atoms with Crippen molar-refractivity contribution in [1.29, 1.82) is 0 Å². The molecule has 1 N–H and O–H groups in total. The lowest BCUT2D eigenvalue weighted by molar-refractivity contribution is -0.128. The molecule has 0 spiro atoms. The van der Waals surface area contributed by atoms with Crippen LogP contribution in [0.5, 0.6) is 11.5 Å². The minimum Gasteiger partial charge on any atom is -0.455 e. The van der Waals surface area contributed by atoms with Crippen LogP contribution in [0.3, 0.4) is 0 Å². The summed E-state index contributed by atoms with van der Waals surface area (Å²) in [5.74, 6) is 1.03. The summed E-state index contributed by atoms with van der Waals surface area (Å²) in [5.41, 5.74) is -0.894. The molecule has 0 aliphatic heterocycles. The maximum atomic E-state index is 13.1. The second kappa shape index (κ2) is 7.03. The summed E-state index contributed by atoms with van der Waals surface area (Å²) >= 11 is 6.10. The van der Waals surface area contributed by atoms with Crippen LogP contribution < -0.4 is 9.46 Å². The Hall–Kier alpha value is -2.05. The van der Waals surface area contributed by atoms with E-state index in [2.05, 4.69) is 4.72 Å². The van der Waals surface area contributed by atoms with Crippen LogP contribution >= 0.6 is 11.6 Å². The van der Waals surface area contributed by atoms with E-state index in [0.29, 0.717) is 29.4 Å². The van der Waals surface area contributed by atoms with Crippen molar-refractivity contribution < 1.29 is 17.9 Å². The van der Waals surface area contributed by atoms with Crippen LogP contribution in [0.15, 0.2) is 48.5 Å². The highest BCUT2D eigenvalue weighted by Crippen LogP contribution is 2.64. The molecule has 2 bridgehead atoms. The third kappa shape index (κ3) is 3.53. The Morgan fingerprint density at radius 2 is 1.90 bits per heavy atom. The van der Waals surface area contributed by atoms with Gasteiger partial charge in [0.05, 0.1) is 16.9 Å². The molecule has 2 aromatic rings. The second-order valence-corrected chi connectivity index (χ2v) is 10.7. The molecular formula is C22H24ClNO4S. The SMILES string of the molecule is CC1(C)[C@H]2CC[C@@]1(CS(=O)(=O)Nc1cc(Cl)ccc1Oc1ccccc1)C(=O)C2. The van der Waals surface area contributed by atoms with Gasteiger partial charge in [0.15, 0.2) is 5.75 Å². The van der Waals surface area contributed by atoms with E-state index in [4.69, 9.17) is 16.3 Å². The zero-order valence-corrected chi connectivity index (χ0v) is 18.0. The number of hydrogen-bond donors (Lipinski definition) is 1. The molecule has 0 saturated heterocycles. The number of Topliss-reactive ketones (excluding diaryl/α,β-unsaturated/α-hetero) is 1. The van der Waals surface area contributed by atoms with Gasteiger partial charge in [-0.3, -0.25) is 9.52 Å². The van der Waals surface area contributed by atoms with Gasteiger partial charge in [0.25, 0.3) is 0 Å². The van der Waals surface area contributed by atoms with Crippen LogP contribution in [0, 0.1) is 16.7 Å². The lowest BCUT2D eigenvalue weighted by Gasteiger charge is -2.36. The Morgan fingerprint density at radius 1 is 1.17 bits per heavy atom. The third-order valence-corrected chi connectivity index (χ3v) is 8.39. The topological polar surface area (TPSA) is 72.5 Å². The number of carbonyl (C=O) groups excluding carboxylic acids is 1. The first-order valence-corrected chi connectivity index (χ1v) is 11.7. The van der Waals surface area contributed by atoms with Crippen molar-refractivity contribution in [1.82, 2.24) is 0 Å². The summed E-state index contributed by atoms with van der Waals surface area (Å²) in [6, 6.07) is 13.9. The van der Waals surface area contributed by atoms with E-state index in [1.165, 1.54) is 6.07 Å². The smallest absolute Gasteiger partial charge is 0.233 e. The Labute approximate surface area is 176 Å². The molecule has 0 aromatic heterocycles. The van der Waals surface area contributed by atoms with Crippen molar-refractivity contribution in [2.45, 2.75) is 33.1 Å². The Kier molecular flexibility index (Phi) is 4.90. The van der Waals surface area contributed by atoms with Crippen LogP contribution in [-0.4, -0.2) is 20.0 Å². The van der Waals surface area contributed by atoms with E-state index in [1.54, 1.807) is 24.3 Å². The summed E-state index contributed by atoms with van der Waals surface area (Å²) < 4.78 is 34.7. The first-order chi connectivity index (χ1) is 13.6. The normalized spacial score (nSPS) is 25.2. The predicted molar refractivity (Wildman–Crippen MR) is 114 cm³/mol. The number of fused-ring (bicyclic) bond motifs is 2. The van der Waals surface area contributed by atoms with Crippen molar-refractivity contribution in [3.63, 3.8) is 0 Å². The summed E-state index contributed by atoms with van der Waals surface area (Å²) in [5, 5.41) is 0.388. The summed E-state index contributed by atoms with van der Waals surface area (Å²) in [4.78, 5) is 12.7. The van der Waals surface area contributed by atoms with Crippen molar-refractivity contribution in [2.75, 3.05) is 10.5 Å². The second-order valence-electron chi connectivity index (χ2n) is 8.58. The maximum absolute atomic E-state index is 13.1. The Morgan fingerprint density at radius 3 is 2.52 bits per heavy atom. The molecule has 2 fully saturated rings. The number of nitrogens with one attached hydrogen (secondary N) is 1. The van der Waals surface area contributed by atoms with Gasteiger partial charge in [0.2, 0.25) is 10.0 Å². The highest BCUT2D eigenvalue weighted by molar-refractivity contribution is 7.92. The van der Waals surface area contributed by atoms with Gasteiger partial charge in [0.1, 0.15) is 11.5 Å². The fourth-order valence-corrected chi connectivity index (χ4v) is 6.99. The van der Waals surface area contributed by atoms with Gasteiger partial charge in [-0.05, 0) is 54.5 Å². The Bertz CT molecular complexity index is 1050. The average molecular weight is 434 g/mol. The van der Waals surface area contributed by atoms with Crippen LogP contribution in [0.2, 0.25) is 5.02 Å². The molecule has 2 aromatic carbocycles. The highest BCUT2D eigenvalue weighted by Gasteiger charge is 2.65. The molecule has 0 amide bonds. The third-order valence-electron chi connectivity index (χ3n) is 6.75. The molecule has 0 unspecified atom stereocenters. The largest absolute Gasteiger partial charge is 0.455 e. The molecule has 2 saturated carbocycles. The number of ether oxygens (including phenoxy) is 1. The van der Waals surface area contributed by atoms with Crippen molar-refractivity contribution in [3.8, 4) is 11.5 Å². The number of hydrogen-bond acceptors (Lipinski definition) is 4. The minimum atomic E-state index is -3.81. The van der Waals surface area contributed by atoms with Gasteiger partial charge >= 0.3 is 0 Å². The molecule has 0 radical (unpaired) electrons. The number of benzene rings is 2. The van der Waals surface area contributed by atoms with Gasteiger partial charge in [-0.15, -0.1) is 0 Å². The molecule has 7 heteroatoms. The number of carbonyl (C=O) groups is 1. The van der Waals surface area contributed by atoms with E-state index in [0.717, 1.165) is 6.42 Å². The van der Waals surface area contributed by atoms with E-state index in [-0.39, 0.29) is 28.6 Å². The zero-order valence-electron chi connectivity index (χ0n) is 16.4. The van der Waals surface area contributed by atoms with Crippen LogP contribution in [0.25, 0.3) is 0 Å². The van der Waals surface area contributed by atoms with Gasteiger partial charge in [0, 0.05) is 11.4 Å². The molecule has 2 aliphatic rings. The average Bonchev–Trinajstić information content (AvgIpc) is 2.98. The fourth-order valence-electron chi connectivity index (χ4n) is 4.92. The molecular weight excluding hydrogens is 410 g/mol. The standard InChI is InChI=1S/C22H24ClNO4S/c1-21(2)15-10-11-22(21,20(25)12-15)14-29(26,27)24-18-13-16(23)8-9-19(18)28-17-6-4-3-5-7-17/h3-9,13,15,24H,10-12,14H2,1-2H3/t15-,22+/m0/s1. The molecule has 5 nitrogen and oxygen atoms in total. The summed E-state index contributed by atoms with van der Waals surface area (Å²) in [7, 11) is -3.81. The fraction of sp³-hybridized carbons (Fsp3) is 0.409. The number of halogens is 1. The highest BCUT2D eigenvalue weighted by atomic mass is 35.5. The molecule has 29 heavy (non-hydrogen) atoms. The van der Waals surface area contributed by atoms with Gasteiger partial charge in [-0.1, -0.05) is 43.6 Å². The quantitative estimate of drug-likeness (QED) is 0.673. The van der Waals surface area contributed by atoms with Crippen LogP contribution in [0.1, 0.15) is 33.1 Å². The van der Waals surface area contributed by atoms with E-state index < -0.39 is 15.4 Å². The minimum absolute atomic E-state index is 0.0657. The van der Waals surface area contributed by atoms with E-state index in [1.807, 2.05) is 32.0 Å². The van der Waals surface area contributed by atoms with Gasteiger partial charge in [-0.25, -0.2) is 8.42 Å². The number of sulfonamides is 1. The lowest BCUT2D eigenvalue weighted by Crippen LogP contribution is -2.43. The zero-order chi connectivity index (χ0) is 20.9. The molecule has 154 valence electrons. The van der Waals surface area contributed by atoms with Crippen LogP contribution in [-0.2, 0) is 14.8 Å². The van der Waals surface area contributed by atoms with E-state index in [9.17, 15) is 13.2 Å². The van der Waals surface area contributed by atoms with Gasteiger partial charge in [-0.2, -0.15) is 0 Å². The van der Waals surface area contributed by atoms with Crippen molar-refractivity contribution in [2.24, 2.45) is 16.7 Å². The first-order valence-electron chi connectivity index (χ1n) is 9.69. The number of ketones is 1. The lowest BCUT2D eigenvalue weighted by atomic mass is 9.70. The van der Waals surface area contributed by atoms with E-state index >= 15 is 0 Å². The summed E-state index contributed by atoms with van der Waals surface area (Å²) in [6.45, 7) is 4.04. The van der Waals surface area contributed by atoms with Crippen LogP contribution in [0.4, 0.5) is 5.69 Å². The van der Waals surface area contributed by atoms with Crippen molar-refractivity contribution >= 4 is 33.1 Å². The number of anilines is 1. The number of para-hydroxylation sites is 1. The van der Waals surface area contributed by atoms with Crippen molar-refractivity contribution in [3.05, 3.63) is 53.6 Å². The molecule has 2 aliphatic carbocycles. The molecule has 0 heterocycles.